The molecule has 27 heavy (non-hydrogen) atoms. The summed E-state index contributed by atoms with van der Waals surface area (Å²) < 4.78 is 2.11. The summed E-state index contributed by atoms with van der Waals surface area (Å²) in [6.07, 6.45) is 9.18. The lowest BCUT2D eigenvalue weighted by molar-refractivity contribution is 0.162. The SMILES string of the molecule is Cn1ccnc1CN1CCC[C@H](Cc2cccc(Nc3ccccn3)n2)C1. The number of hydrogen-bond donors (Lipinski definition) is 1. The van der Waals surface area contributed by atoms with Crippen molar-refractivity contribution in [3.8, 4) is 0 Å². The lowest BCUT2D eigenvalue weighted by Crippen LogP contribution is -2.36. The molecule has 3 aromatic rings. The molecular formula is C21H26N6. The molecule has 1 fully saturated rings. The van der Waals surface area contributed by atoms with Crippen LogP contribution in [0, 0.1) is 5.92 Å². The van der Waals surface area contributed by atoms with E-state index in [0.717, 1.165) is 49.2 Å². The molecule has 140 valence electrons. The zero-order valence-corrected chi connectivity index (χ0v) is 15.8. The third-order valence-electron chi connectivity index (χ3n) is 5.11. The second kappa shape index (κ2) is 8.31. The van der Waals surface area contributed by atoms with Crippen LogP contribution in [0.2, 0.25) is 0 Å². The van der Waals surface area contributed by atoms with Crippen LogP contribution in [0.1, 0.15) is 24.4 Å². The van der Waals surface area contributed by atoms with Crippen LogP contribution in [-0.2, 0) is 20.0 Å². The van der Waals surface area contributed by atoms with Crippen LogP contribution in [0.25, 0.3) is 0 Å². The third kappa shape index (κ3) is 4.71. The lowest BCUT2D eigenvalue weighted by Gasteiger charge is -2.32. The Balaban J connectivity index is 1.37. The summed E-state index contributed by atoms with van der Waals surface area (Å²) >= 11 is 0. The minimum atomic E-state index is 0.636. The molecule has 1 aliphatic rings. The van der Waals surface area contributed by atoms with Crippen molar-refractivity contribution in [2.75, 3.05) is 18.4 Å². The van der Waals surface area contributed by atoms with Crippen LogP contribution in [0.3, 0.4) is 0 Å². The Hall–Kier alpha value is -2.73. The second-order valence-electron chi connectivity index (χ2n) is 7.26. The topological polar surface area (TPSA) is 58.9 Å². The van der Waals surface area contributed by atoms with Crippen LogP contribution < -0.4 is 5.32 Å². The Morgan fingerprint density at radius 2 is 2.00 bits per heavy atom. The van der Waals surface area contributed by atoms with Gasteiger partial charge < -0.3 is 9.88 Å². The zero-order chi connectivity index (χ0) is 18.5. The fraction of sp³-hybridized carbons (Fsp3) is 0.381. The van der Waals surface area contributed by atoms with Crippen molar-refractivity contribution in [2.45, 2.75) is 25.8 Å². The number of likely N-dealkylation sites (tertiary alicyclic amines) is 1. The lowest BCUT2D eigenvalue weighted by atomic mass is 9.93. The first-order valence-electron chi connectivity index (χ1n) is 9.59. The van der Waals surface area contributed by atoms with E-state index in [1.54, 1.807) is 6.20 Å². The number of pyridine rings is 2. The summed E-state index contributed by atoms with van der Waals surface area (Å²) in [5.74, 6) is 3.44. The maximum atomic E-state index is 4.79. The Labute approximate surface area is 160 Å². The van der Waals surface area contributed by atoms with Crippen molar-refractivity contribution in [3.63, 3.8) is 0 Å². The Kier molecular flexibility index (Phi) is 5.44. The molecule has 0 bridgehead atoms. The Bertz CT molecular complexity index is 860. The molecule has 0 aliphatic carbocycles. The molecule has 6 heteroatoms. The quantitative estimate of drug-likeness (QED) is 0.728. The van der Waals surface area contributed by atoms with Crippen LogP contribution in [-0.4, -0.2) is 37.5 Å². The van der Waals surface area contributed by atoms with Crippen molar-refractivity contribution in [2.24, 2.45) is 13.0 Å². The number of anilines is 2. The molecule has 0 radical (unpaired) electrons. The highest BCUT2D eigenvalue weighted by Crippen LogP contribution is 2.22. The average Bonchev–Trinajstić information content (AvgIpc) is 3.08. The van der Waals surface area contributed by atoms with E-state index in [-0.39, 0.29) is 0 Å². The molecule has 4 rings (SSSR count). The molecule has 1 N–H and O–H groups in total. The van der Waals surface area contributed by atoms with Gasteiger partial charge in [-0.1, -0.05) is 12.1 Å². The van der Waals surface area contributed by atoms with E-state index in [1.165, 1.54) is 12.8 Å². The number of piperidine rings is 1. The highest BCUT2D eigenvalue weighted by atomic mass is 15.2. The maximum Gasteiger partial charge on any atom is 0.131 e. The first kappa shape index (κ1) is 17.7. The summed E-state index contributed by atoms with van der Waals surface area (Å²) in [4.78, 5) is 16.1. The first-order chi connectivity index (χ1) is 13.3. The molecule has 0 unspecified atom stereocenters. The highest BCUT2D eigenvalue weighted by Gasteiger charge is 2.21. The summed E-state index contributed by atoms with van der Waals surface area (Å²) in [7, 11) is 2.06. The van der Waals surface area contributed by atoms with E-state index in [1.807, 2.05) is 36.7 Å². The number of rotatable bonds is 6. The monoisotopic (exact) mass is 362 g/mol. The van der Waals surface area contributed by atoms with Crippen molar-refractivity contribution >= 4 is 11.6 Å². The maximum absolute atomic E-state index is 4.79. The van der Waals surface area contributed by atoms with Crippen molar-refractivity contribution in [1.29, 1.82) is 0 Å². The Morgan fingerprint density at radius 1 is 1.07 bits per heavy atom. The number of hydrogen-bond acceptors (Lipinski definition) is 5. The van der Waals surface area contributed by atoms with Gasteiger partial charge in [-0.2, -0.15) is 0 Å². The van der Waals surface area contributed by atoms with E-state index < -0.39 is 0 Å². The van der Waals surface area contributed by atoms with Gasteiger partial charge in [-0.3, -0.25) is 4.90 Å². The summed E-state index contributed by atoms with van der Waals surface area (Å²) in [5.41, 5.74) is 1.14. The van der Waals surface area contributed by atoms with Gasteiger partial charge in [0.25, 0.3) is 0 Å². The minimum Gasteiger partial charge on any atom is -0.337 e. The molecule has 0 amide bonds. The van der Waals surface area contributed by atoms with E-state index in [4.69, 9.17) is 4.98 Å². The summed E-state index contributed by atoms with van der Waals surface area (Å²) in [5, 5.41) is 3.28. The molecule has 4 heterocycles. The molecule has 0 spiro atoms. The Morgan fingerprint density at radius 3 is 2.81 bits per heavy atom. The standard InChI is InChI=1S/C21H26N6/c1-26-13-11-23-21(26)16-27-12-5-6-17(15-27)14-18-7-4-9-20(24-18)25-19-8-2-3-10-22-19/h2-4,7-11,13,17H,5-6,12,14-16H2,1H3,(H,22,24,25)/t17-/m1/s1. The molecule has 0 saturated carbocycles. The van der Waals surface area contributed by atoms with Gasteiger partial charge in [-0.15, -0.1) is 0 Å². The van der Waals surface area contributed by atoms with Crippen LogP contribution in [0.5, 0.6) is 0 Å². The molecular weight excluding hydrogens is 336 g/mol. The number of nitrogens with zero attached hydrogens (tertiary/aromatic N) is 5. The average molecular weight is 362 g/mol. The third-order valence-corrected chi connectivity index (χ3v) is 5.11. The van der Waals surface area contributed by atoms with Gasteiger partial charge in [-0.25, -0.2) is 15.0 Å². The predicted octanol–water partition coefficient (Wildman–Crippen LogP) is 3.41. The number of aryl methyl sites for hydroxylation is 1. The molecule has 1 aliphatic heterocycles. The fourth-order valence-corrected chi connectivity index (χ4v) is 3.74. The van der Waals surface area contributed by atoms with Gasteiger partial charge in [0, 0.05) is 37.9 Å². The largest absolute Gasteiger partial charge is 0.337 e. The van der Waals surface area contributed by atoms with Gasteiger partial charge in [0.15, 0.2) is 0 Å². The normalized spacial score (nSPS) is 17.7. The van der Waals surface area contributed by atoms with Gasteiger partial charge in [0.1, 0.15) is 17.5 Å². The van der Waals surface area contributed by atoms with E-state index in [9.17, 15) is 0 Å². The highest BCUT2D eigenvalue weighted by molar-refractivity contribution is 5.51. The van der Waals surface area contributed by atoms with Crippen molar-refractivity contribution < 1.29 is 0 Å². The molecule has 1 atom stereocenters. The predicted molar refractivity (Wildman–Crippen MR) is 107 cm³/mol. The van der Waals surface area contributed by atoms with E-state index >= 15 is 0 Å². The van der Waals surface area contributed by atoms with Crippen LogP contribution in [0.15, 0.2) is 55.0 Å². The van der Waals surface area contributed by atoms with E-state index in [0.29, 0.717) is 5.92 Å². The van der Waals surface area contributed by atoms with Gasteiger partial charge in [-0.05, 0) is 56.0 Å². The second-order valence-corrected chi connectivity index (χ2v) is 7.26. The van der Waals surface area contributed by atoms with Gasteiger partial charge in [0.2, 0.25) is 0 Å². The first-order valence-corrected chi connectivity index (χ1v) is 9.59. The summed E-state index contributed by atoms with van der Waals surface area (Å²) in [6, 6.07) is 12.0. The van der Waals surface area contributed by atoms with Crippen LogP contribution >= 0.6 is 0 Å². The van der Waals surface area contributed by atoms with Gasteiger partial charge >= 0.3 is 0 Å². The summed E-state index contributed by atoms with van der Waals surface area (Å²) in [6.45, 7) is 3.18. The molecule has 6 nitrogen and oxygen atoms in total. The molecule has 1 saturated heterocycles. The van der Waals surface area contributed by atoms with Crippen molar-refractivity contribution in [3.05, 3.63) is 66.5 Å². The van der Waals surface area contributed by atoms with Gasteiger partial charge in [0.05, 0.1) is 6.54 Å². The van der Waals surface area contributed by atoms with E-state index in [2.05, 4.69) is 43.9 Å². The molecule has 0 aromatic carbocycles. The number of nitrogens with one attached hydrogen (secondary N) is 1. The van der Waals surface area contributed by atoms with Crippen molar-refractivity contribution in [1.82, 2.24) is 24.4 Å². The zero-order valence-electron chi connectivity index (χ0n) is 15.8. The fourth-order valence-electron chi connectivity index (χ4n) is 3.74. The minimum absolute atomic E-state index is 0.636. The number of aromatic nitrogens is 4. The van der Waals surface area contributed by atoms with Crippen LogP contribution in [0.4, 0.5) is 11.6 Å². The number of imidazole rings is 1. The smallest absolute Gasteiger partial charge is 0.131 e. The molecule has 3 aromatic heterocycles.